The highest BCUT2D eigenvalue weighted by molar-refractivity contribution is 6.13. The van der Waals surface area contributed by atoms with E-state index < -0.39 is 0 Å². The minimum atomic E-state index is 0.338. The summed E-state index contributed by atoms with van der Waals surface area (Å²) in [6, 6.07) is 45.8. The van der Waals surface area contributed by atoms with Crippen LogP contribution in [0.3, 0.4) is 0 Å². The Kier molecular flexibility index (Phi) is 9.75. The van der Waals surface area contributed by atoms with Crippen molar-refractivity contribution in [2.75, 3.05) is 9.80 Å². The molecule has 0 aromatic heterocycles. The van der Waals surface area contributed by atoms with Crippen LogP contribution in [0.4, 0.5) is 34.1 Å². The Morgan fingerprint density at radius 2 is 1.06 bits per heavy atom. The van der Waals surface area contributed by atoms with Crippen molar-refractivity contribution >= 4 is 51.0 Å². The van der Waals surface area contributed by atoms with Gasteiger partial charge in [-0.15, -0.1) is 6.42 Å². The highest BCUT2D eigenvalue weighted by atomic mass is 15.2. The highest BCUT2D eigenvalue weighted by Gasteiger charge is 2.28. The molecule has 0 saturated carbocycles. The summed E-state index contributed by atoms with van der Waals surface area (Å²) in [7, 11) is 0. The second-order valence-electron chi connectivity index (χ2n) is 13.6. The zero-order valence-corrected chi connectivity index (χ0v) is 29.8. The third-order valence-corrected chi connectivity index (χ3v) is 9.47. The number of hydrogen-bond donors (Lipinski definition) is 0. The molecule has 0 heterocycles. The maximum atomic E-state index is 6.75. The van der Waals surface area contributed by atoms with Crippen molar-refractivity contribution in [3.63, 3.8) is 0 Å². The normalized spacial score (nSPS) is 11.6. The Bertz CT molecular complexity index is 2130. The highest BCUT2D eigenvalue weighted by Crippen LogP contribution is 2.51. The third-order valence-electron chi connectivity index (χ3n) is 9.47. The zero-order valence-electron chi connectivity index (χ0n) is 29.8. The molecular formula is C47H46N2. The van der Waals surface area contributed by atoms with E-state index in [0.717, 1.165) is 56.0 Å². The number of nitrogens with zero attached hydrogens (tertiary/aromatic N) is 2. The van der Waals surface area contributed by atoms with Crippen LogP contribution in [-0.2, 0) is 0 Å². The Balaban J connectivity index is 1.85. The van der Waals surface area contributed by atoms with E-state index in [1.54, 1.807) is 0 Å². The molecule has 0 fully saturated rings. The molecule has 0 aliphatic carbocycles. The van der Waals surface area contributed by atoms with Crippen molar-refractivity contribution in [2.24, 2.45) is 5.92 Å². The molecule has 2 nitrogen and oxygen atoms in total. The molecule has 0 spiro atoms. The first-order chi connectivity index (χ1) is 23.7. The van der Waals surface area contributed by atoms with Gasteiger partial charge >= 0.3 is 0 Å². The average Bonchev–Trinajstić information content (AvgIpc) is 3.11. The molecule has 0 bridgehead atoms. The monoisotopic (exact) mass is 638 g/mol. The molecule has 244 valence electrons. The fraction of sp³-hybridized carbons (Fsp3) is 0.191. The molecular weight excluding hydrogens is 593 g/mol. The second kappa shape index (κ2) is 14.3. The fourth-order valence-electron chi connectivity index (χ4n) is 6.36. The summed E-state index contributed by atoms with van der Waals surface area (Å²) in [5.41, 5.74) is 13.2. The van der Waals surface area contributed by atoms with Gasteiger partial charge < -0.3 is 9.80 Å². The Labute approximate surface area is 293 Å². The van der Waals surface area contributed by atoms with Gasteiger partial charge in [0, 0.05) is 39.1 Å². The first kappa shape index (κ1) is 33.4. The Morgan fingerprint density at radius 3 is 1.51 bits per heavy atom. The summed E-state index contributed by atoms with van der Waals surface area (Å²) in [5.74, 6) is 3.95. The lowest BCUT2D eigenvalue weighted by Crippen LogP contribution is -2.17. The molecule has 0 aliphatic rings. The minimum absolute atomic E-state index is 0.338. The van der Waals surface area contributed by atoms with Crippen LogP contribution in [0.5, 0.6) is 0 Å². The smallest absolute Gasteiger partial charge is 0.0704 e. The quantitative estimate of drug-likeness (QED) is 0.145. The van der Waals surface area contributed by atoms with Crippen LogP contribution in [0.15, 0.2) is 133 Å². The van der Waals surface area contributed by atoms with Gasteiger partial charge in [0.15, 0.2) is 0 Å². The third kappa shape index (κ3) is 6.76. The van der Waals surface area contributed by atoms with Gasteiger partial charge in [-0.2, -0.15) is 0 Å². The predicted molar refractivity (Wildman–Crippen MR) is 213 cm³/mol. The molecule has 0 N–H and O–H groups in total. The van der Waals surface area contributed by atoms with Crippen LogP contribution in [0.25, 0.3) is 16.8 Å². The summed E-state index contributed by atoms with van der Waals surface area (Å²) in [6.07, 6.45) is 9.08. The van der Waals surface area contributed by atoms with Crippen LogP contribution < -0.4 is 9.80 Å². The summed E-state index contributed by atoms with van der Waals surface area (Å²) < 4.78 is 0. The Morgan fingerprint density at radius 1 is 0.592 bits per heavy atom. The zero-order chi connectivity index (χ0) is 34.7. The molecule has 0 saturated heterocycles. The van der Waals surface area contributed by atoms with E-state index in [4.69, 9.17) is 6.42 Å². The number of aryl methyl sites for hydroxylation is 2. The van der Waals surface area contributed by atoms with E-state index in [1.807, 2.05) is 0 Å². The van der Waals surface area contributed by atoms with Gasteiger partial charge in [0.1, 0.15) is 0 Å². The molecule has 0 aliphatic heterocycles. The van der Waals surface area contributed by atoms with E-state index >= 15 is 0 Å². The first-order valence-corrected chi connectivity index (χ1v) is 17.3. The summed E-state index contributed by atoms with van der Waals surface area (Å²) in [6.45, 7) is 15.5. The SMILES string of the molecule is C#Cc1c(/C=C(\C)C(C)C)c(N(c2ccccc2)c2ccc(C)cc2)c2ccc(C(C)C)cc2c1N(c1ccccc1)c1ccc(C)cc1. The summed E-state index contributed by atoms with van der Waals surface area (Å²) >= 11 is 0. The van der Waals surface area contributed by atoms with Crippen molar-refractivity contribution in [3.05, 3.63) is 161 Å². The second-order valence-corrected chi connectivity index (χ2v) is 13.6. The van der Waals surface area contributed by atoms with E-state index in [-0.39, 0.29) is 0 Å². The predicted octanol–water partition coefficient (Wildman–Crippen LogP) is 13.6. The van der Waals surface area contributed by atoms with Gasteiger partial charge in [0.05, 0.1) is 16.9 Å². The number of fused-ring (bicyclic) bond motifs is 1. The molecule has 0 unspecified atom stereocenters. The average molecular weight is 639 g/mol. The van der Waals surface area contributed by atoms with Crippen LogP contribution in [0, 0.1) is 32.1 Å². The topological polar surface area (TPSA) is 6.48 Å². The standard InChI is InChI=1S/C47H46N2/c1-9-42-44(30-36(8)32(2)3)47(49(39-18-14-11-15-19-39)41-27-22-35(7)23-28-41)43-29-24-37(33(4)5)31-45(43)46(42)48(38-16-12-10-13-17-38)40-25-20-34(6)21-26-40/h1,10-33H,2-8H3/b36-30+. The van der Waals surface area contributed by atoms with Crippen LogP contribution in [-0.4, -0.2) is 0 Å². The fourth-order valence-corrected chi connectivity index (χ4v) is 6.36. The van der Waals surface area contributed by atoms with E-state index in [1.165, 1.54) is 22.3 Å². The van der Waals surface area contributed by atoms with E-state index in [0.29, 0.717) is 11.8 Å². The number of anilines is 6. The molecule has 6 aromatic carbocycles. The molecule has 6 aromatic rings. The molecule has 2 heteroatoms. The van der Waals surface area contributed by atoms with Crippen molar-refractivity contribution in [1.29, 1.82) is 0 Å². The molecule has 0 atom stereocenters. The van der Waals surface area contributed by atoms with Gasteiger partial charge in [-0.25, -0.2) is 0 Å². The Hall–Kier alpha value is -5.52. The minimum Gasteiger partial charge on any atom is -0.309 e. The van der Waals surface area contributed by atoms with Crippen molar-refractivity contribution in [2.45, 2.75) is 54.4 Å². The van der Waals surface area contributed by atoms with Crippen molar-refractivity contribution < 1.29 is 0 Å². The van der Waals surface area contributed by atoms with Gasteiger partial charge in [-0.05, 0) is 92.8 Å². The molecule has 0 radical (unpaired) electrons. The lowest BCUT2D eigenvalue weighted by molar-refractivity contribution is 0.776. The van der Waals surface area contributed by atoms with Crippen LogP contribution >= 0.6 is 0 Å². The van der Waals surface area contributed by atoms with Gasteiger partial charge in [0.25, 0.3) is 0 Å². The largest absolute Gasteiger partial charge is 0.309 e. The van der Waals surface area contributed by atoms with Gasteiger partial charge in [-0.1, -0.05) is 129 Å². The molecule has 6 rings (SSSR count). The first-order valence-electron chi connectivity index (χ1n) is 17.3. The number of benzene rings is 6. The van der Waals surface area contributed by atoms with Crippen LogP contribution in [0.1, 0.15) is 68.4 Å². The lowest BCUT2D eigenvalue weighted by Gasteiger charge is -2.34. The van der Waals surface area contributed by atoms with Crippen LogP contribution in [0.2, 0.25) is 0 Å². The van der Waals surface area contributed by atoms with Gasteiger partial charge in [-0.3, -0.25) is 0 Å². The number of para-hydroxylation sites is 2. The van der Waals surface area contributed by atoms with E-state index in [2.05, 4.69) is 198 Å². The maximum Gasteiger partial charge on any atom is 0.0704 e. The maximum absolute atomic E-state index is 6.75. The summed E-state index contributed by atoms with van der Waals surface area (Å²) in [4.78, 5) is 4.74. The van der Waals surface area contributed by atoms with Crippen molar-refractivity contribution in [1.82, 2.24) is 0 Å². The number of allylic oxidation sites excluding steroid dienone is 1. The molecule has 49 heavy (non-hydrogen) atoms. The number of terminal acetylenes is 1. The number of hydrogen-bond acceptors (Lipinski definition) is 2. The lowest BCUT2D eigenvalue weighted by atomic mass is 9.88. The number of rotatable bonds is 9. The van der Waals surface area contributed by atoms with Crippen molar-refractivity contribution in [3.8, 4) is 12.3 Å². The summed E-state index contributed by atoms with van der Waals surface area (Å²) in [5, 5.41) is 2.25. The molecule has 0 amide bonds. The van der Waals surface area contributed by atoms with E-state index in [9.17, 15) is 0 Å². The van der Waals surface area contributed by atoms with Gasteiger partial charge in [0.2, 0.25) is 0 Å².